The second kappa shape index (κ2) is 14.5. The van der Waals surface area contributed by atoms with Crippen molar-refractivity contribution in [3.05, 3.63) is 35.9 Å². The van der Waals surface area contributed by atoms with Gasteiger partial charge in [0.05, 0.1) is 63.3 Å². The molecule has 0 saturated carbocycles. The van der Waals surface area contributed by atoms with Gasteiger partial charge in [0.25, 0.3) is 0 Å². The van der Waals surface area contributed by atoms with Gasteiger partial charge in [-0.15, -0.1) is 0 Å². The third kappa shape index (κ3) is 7.31. The van der Waals surface area contributed by atoms with Crippen molar-refractivity contribution >= 4 is 34.7 Å². The number of benzene rings is 1. The van der Waals surface area contributed by atoms with Crippen molar-refractivity contribution in [2.24, 2.45) is 0 Å². The van der Waals surface area contributed by atoms with Crippen LogP contribution in [-0.2, 0) is 25.7 Å². The first kappa shape index (κ1) is 32.8. The van der Waals surface area contributed by atoms with Crippen molar-refractivity contribution in [3.63, 3.8) is 0 Å². The molecule has 0 bridgehead atoms. The number of aliphatic hydroxyl groups excluding tert-OH is 3. The average molecular weight is 616 g/mol. The minimum atomic E-state index is -2.27. The molecule has 238 valence electrons. The molecule has 0 radical (unpaired) electrons. The van der Waals surface area contributed by atoms with Gasteiger partial charge in [-0.2, -0.15) is 9.97 Å². The number of hydrogen-bond acceptors (Lipinski definition) is 13. The lowest BCUT2D eigenvalue weighted by Gasteiger charge is -2.37. The van der Waals surface area contributed by atoms with E-state index < -0.39 is 24.1 Å². The van der Waals surface area contributed by atoms with E-state index in [1.165, 1.54) is 0 Å². The van der Waals surface area contributed by atoms with E-state index in [4.69, 9.17) is 49.6 Å². The van der Waals surface area contributed by atoms with E-state index in [0.717, 1.165) is 41.1 Å². The van der Waals surface area contributed by atoms with Gasteiger partial charge in [-0.25, -0.2) is 14.6 Å². The molecule has 4 atom stereocenters. The summed E-state index contributed by atoms with van der Waals surface area (Å²) in [5.41, 5.74) is 3.05. The Hall–Kier alpha value is -4.15. The number of ether oxygens (including phenoxy) is 3. The number of morpholine rings is 2. The molecule has 44 heavy (non-hydrogen) atoms. The number of carboxylic acid groups (broad SMARTS) is 2. The molecular weight excluding hydrogens is 578 g/mol. The first-order valence-corrected chi connectivity index (χ1v) is 14.0. The van der Waals surface area contributed by atoms with Crippen molar-refractivity contribution in [2.75, 3.05) is 56.4 Å². The monoisotopic (exact) mass is 615 g/mol. The van der Waals surface area contributed by atoms with E-state index in [2.05, 4.69) is 23.6 Å². The van der Waals surface area contributed by atoms with Crippen LogP contribution in [0.5, 0.6) is 5.75 Å². The van der Waals surface area contributed by atoms with E-state index in [0.29, 0.717) is 43.8 Å². The highest BCUT2D eigenvalue weighted by Gasteiger charge is 2.30. The van der Waals surface area contributed by atoms with Crippen LogP contribution in [-0.4, -0.2) is 123 Å². The molecule has 5 N–H and O–H groups in total. The molecule has 4 heterocycles. The quantitative estimate of drug-likeness (QED) is 0.234. The van der Waals surface area contributed by atoms with Crippen molar-refractivity contribution in [2.45, 2.75) is 44.7 Å². The topological polar surface area (TPSA) is 208 Å². The van der Waals surface area contributed by atoms with E-state index in [1.807, 2.05) is 30.3 Å². The van der Waals surface area contributed by atoms with Gasteiger partial charge in [-0.3, -0.25) is 0 Å². The first-order chi connectivity index (χ1) is 21.0. The SMILES string of the molecule is COc1ccc(-c2ccc3c(N4CCOC[C@@H]4C)nc(N4CCOC[C@@H]4C)nc3n2)cc1CO.O=C(O)C(O)C(O)C(=O)O. The van der Waals surface area contributed by atoms with Crippen LogP contribution in [0.4, 0.5) is 11.8 Å². The highest BCUT2D eigenvalue weighted by Crippen LogP contribution is 2.32. The normalized spacial score (nSPS) is 20.0. The smallest absolute Gasteiger partial charge is 0.335 e. The van der Waals surface area contributed by atoms with Crippen LogP contribution >= 0.6 is 0 Å². The molecule has 2 aliphatic heterocycles. The summed E-state index contributed by atoms with van der Waals surface area (Å²) in [7, 11) is 1.60. The van der Waals surface area contributed by atoms with Gasteiger partial charge >= 0.3 is 11.9 Å². The van der Waals surface area contributed by atoms with E-state index in [-0.39, 0.29) is 18.7 Å². The number of hydrogen-bond donors (Lipinski definition) is 5. The van der Waals surface area contributed by atoms with Crippen LogP contribution in [0.2, 0.25) is 0 Å². The molecule has 0 aliphatic carbocycles. The lowest BCUT2D eigenvalue weighted by atomic mass is 10.1. The van der Waals surface area contributed by atoms with Gasteiger partial charge in [0.1, 0.15) is 11.6 Å². The van der Waals surface area contributed by atoms with Crippen molar-refractivity contribution in [1.82, 2.24) is 15.0 Å². The maximum atomic E-state index is 9.77. The molecule has 2 saturated heterocycles. The Morgan fingerprint density at radius 3 is 2.09 bits per heavy atom. The Labute approximate surface area is 253 Å². The molecule has 2 fully saturated rings. The van der Waals surface area contributed by atoms with Crippen molar-refractivity contribution in [1.29, 1.82) is 0 Å². The number of nitrogens with zero attached hydrogens (tertiary/aromatic N) is 5. The molecule has 1 aromatic carbocycles. The van der Waals surface area contributed by atoms with Crippen LogP contribution in [0.1, 0.15) is 19.4 Å². The molecular formula is C29H37N5O10. The fraction of sp³-hybridized carbons (Fsp3) is 0.483. The minimum Gasteiger partial charge on any atom is -0.496 e. The number of pyridine rings is 1. The summed E-state index contributed by atoms with van der Waals surface area (Å²) >= 11 is 0. The molecule has 15 nitrogen and oxygen atoms in total. The Bertz CT molecular complexity index is 1460. The Morgan fingerprint density at radius 2 is 1.55 bits per heavy atom. The average Bonchev–Trinajstić information content (AvgIpc) is 3.03. The fourth-order valence-corrected chi connectivity index (χ4v) is 4.89. The lowest BCUT2D eigenvalue weighted by molar-refractivity contribution is -0.165. The summed E-state index contributed by atoms with van der Waals surface area (Å²) in [6.45, 7) is 8.31. The summed E-state index contributed by atoms with van der Waals surface area (Å²) < 4.78 is 16.7. The fourth-order valence-electron chi connectivity index (χ4n) is 4.89. The number of aliphatic hydroxyl groups is 3. The van der Waals surface area contributed by atoms with Crippen molar-refractivity contribution < 1.29 is 49.3 Å². The molecule has 2 aliphatic rings. The van der Waals surface area contributed by atoms with Gasteiger partial charge < -0.3 is 49.5 Å². The Balaban J connectivity index is 0.000000382. The number of aromatic nitrogens is 3. The number of methoxy groups -OCH3 is 1. The molecule has 3 aromatic rings. The molecule has 2 unspecified atom stereocenters. The second-order valence-corrected chi connectivity index (χ2v) is 10.4. The van der Waals surface area contributed by atoms with Gasteiger partial charge in [0, 0.05) is 24.2 Å². The van der Waals surface area contributed by atoms with E-state index >= 15 is 0 Å². The van der Waals surface area contributed by atoms with Crippen LogP contribution in [0.25, 0.3) is 22.3 Å². The summed E-state index contributed by atoms with van der Waals surface area (Å²) in [6.07, 6.45) is -4.53. The highest BCUT2D eigenvalue weighted by atomic mass is 16.5. The molecule has 0 amide bonds. The number of carboxylic acids is 2. The molecule has 5 rings (SSSR count). The number of fused-ring (bicyclic) bond motifs is 1. The Morgan fingerprint density at radius 1 is 0.932 bits per heavy atom. The van der Waals surface area contributed by atoms with Crippen molar-refractivity contribution in [3.8, 4) is 17.0 Å². The summed E-state index contributed by atoms with van der Waals surface area (Å²) in [4.78, 5) is 38.9. The number of rotatable bonds is 8. The standard InChI is InChI=1S/C25H31N5O4.C4H6O6/c1-16-14-33-10-8-29(16)24-20-5-6-21(18-4-7-22(32-3)19(12-18)13-31)26-23(20)27-25(28-24)30-9-11-34-15-17(30)2;5-1(3(7)8)2(6)4(9)10/h4-7,12,16-17,31H,8-11,13-15H2,1-3H3;1-2,5-6H,(H,7,8)(H,9,10)/t16-,17-;/m0./s1. The lowest BCUT2D eigenvalue weighted by Crippen LogP contribution is -2.46. The predicted octanol–water partition coefficient (Wildman–Crippen LogP) is 0.520. The van der Waals surface area contributed by atoms with E-state index in [9.17, 15) is 14.7 Å². The van der Waals surface area contributed by atoms with Gasteiger partial charge in [-0.05, 0) is 44.2 Å². The largest absolute Gasteiger partial charge is 0.496 e. The maximum Gasteiger partial charge on any atom is 0.335 e. The van der Waals surface area contributed by atoms with Gasteiger partial charge in [0.15, 0.2) is 17.9 Å². The summed E-state index contributed by atoms with van der Waals surface area (Å²) in [5.74, 6) is -1.32. The van der Waals surface area contributed by atoms with Crippen LogP contribution in [0, 0.1) is 0 Å². The predicted molar refractivity (Wildman–Crippen MR) is 158 cm³/mol. The summed E-state index contributed by atoms with van der Waals surface area (Å²) in [6, 6.07) is 10.1. The third-order valence-corrected chi connectivity index (χ3v) is 7.34. The third-order valence-electron chi connectivity index (χ3n) is 7.34. The van der Waals surface area contributed by atoms with Crippen LogP contribution in [0.15, 0.2) is 30.3 Å². The zero-order chi connectivity index (χ0) is 32.0. The molecule has 15 heteroatoms. The second-order valence-electron chi connectivity index (χ2n) is 10.4. The molecule has 0 spiro atoms. The number of aliphatic carboxylic acids is 2. The minimum absolute atomic E-state index is 0.106. The maximum absolute atomic E-state index is 9.77. The van der Waals surface area contributed by atoms with E-state index in [1.54, 1.807) is 7.11 Å². The van der Waals surface area contributed by atoms with Crippen LogP contribution in [0.3, 0.4) is 0 Å². The zero-order valence-electron chi connectivity index (χ0n) is 24.7. The number of carbonyl (C=O) groups is 2. The zero-order valence-corrected chi connectivity index (χ0v) is 24.7. The van der Waals surface area contributed by atoms with Gasteiger partial charge in [-0.1, -0.05) is 0 Å². The van der Waals surface area contributed by atoms with Crippen LogP contribution < -0.4 is 14.5 Å². The van der Waals surface area contributed by atoms with Gasteiger partial charge in [0.2, 0.25) is 5.95 Å². The first-order valence-electron chi connectivity index (χ1n) is 14.0. The molecule has 2 aromatic heterocycles. The number of anilines is 2. The Kier molecular flexibility index (Phi) is 10.8. The summed E-state index contributed by atoms with van der Waals surface area (Å²) in [5, 5.41) is 43.2. The highest BCUT2D eigenvalue weighted by molar-refractivity contribution is 5.90.